The summed E-state index contributed by atoms with van der Waals surface area (Å²) in [5.74, 6) is 0.618. The van der Waals surface area contributed by atoms with Gasteiger partial charge in [0.1, 0.15) is 0 Å². The molecule has 5 nitrogen and oxygen atoms in total. The molecule has 2 amide bonds. The Morgan fingerprint density at radius 2 is 2.27 bits per heavy atom. The lowest BCUT2D eigenvalue weighted by Gasteiger charge is -2.46. The second-order valence-corrected chi connectivity index (χ2v) is 6.78. The van der Waals surface area contributed by atoms with Crippen LogP contribution >= 0.6 is 11.6 Å². The van der Waals surface area contributed by atoms with Gasteiger partial charge in [-0.3, -0.25) is 4.98 Å². The maximum absolute atomic E-state index is 12.5. The topological polar surface area (TPSA) is 48.5 Å². The number of hydrogen-bond acceptors (Lipinski definition) is 3. The smallest absolute Gasteiger partial charge is 0.317 e. The first-order valence-corrected chi connectivity index (χ1v) is 8.35. The molecule has 2 saturated heterocycles. The van der Waals surface area contributed by atoms with Gasteiger partial charge in [-0.2, -0.15) is 0 Å². The maximum atomic E-state index is 12.5. The summed E-state index contributed by atoms with van der Waals surface area (Å²) < 4.78 is 0. The number of carbonyl (C=O) groups excluding carboxylic acids is 1. The van der Waals surface area contributed by atoms with Crippen LogP contribution in [0.2, 0.25) is 5.02 Å². The number of nitrogens with one attached hydrogen (secondary N) is 1. The molecule has 2 fully saturated rings. The van der Waals surface area contributed by atoms with E-state index < -0.39 is 0 Å². The number of carbonyl (C=O) groups is 1. The number of urea groups is 1. The largest absolute Gasteiger partial charge is 0.332 e. The molecule has 22 heavy (non-hydrogen) atoms. The van der Waals surface area contributed by atoms with Gasteiger partial charge in [-0.15, -0.1) is 0 Å². The Labute approximate surface area is 136 Å². The van der Waals surface area contributed by atoms with Crippen LogP contribution in [0.1, 0.15) is 25.0 Å². The standard InChI is InChI=1S/C16H23ClN4O/c1-20-8-6-15-12(11-20)3-2-7-21(15)16(22)19-10-14-5-4-13(17)9-18-14/h4-5,9,12,15H,2-3,6-8,10-11H2,1H3,(H,19,22). The van der Waals surface area contributed by atoms with Crippen molar-refractivity contribution < 1.29 is 4.79 Å². The number of likely N-dealkylation sites (tertiary alicyclic amines) is 2. The van der Waals surface area contributed by atoms with Gasteiger partial charge in [0.25, 0.3) is 0 Å². The molecule has 0 spiro atoms. The van der Waals surface area contributed by atoms with E-state index in [1.54, 1.807) is 12.3 Å². The average molecular weight is 323 g/mol. The minimum absolute atomic E-state index is 0.0380. The Bertz CT molecular complexity index is 521. The van der Waals surface area contributed by atoms with E-state index in [4.69, 9.17) is 11.6 Å². The molecular formula is C16H23ClN4O. The molecular weight excluding hydrogens is 300 g/mol. The second kappa shape index (κ2) is 6.84. The first kappa shape index (κ1) is 15.6. The van der Waals surface area contributed by atoms with E-state index in [0.29, 0.717) is 23.5 Å². The van der Waals surface area contributed by atoms with Gasteiger partial charge in [-0.25, -0.2) is 4.79 Å². The lowest BCUT2D eigenvalue weighted by molar-refractivity contribution is 0.0532. The minimum atomic E-state index is 0.0380. The van der Waals surface area contributed by atoms with E-state index in [1.807, 2.05) is 11.0 Å². The summed E-state index contributed by atoms with van der Waals surface area (Å²) in [6.07, 6.45) is 5.02. The van der Waals surface area contributed by atoms with Gasteiger partial charge >= 0.3 is 6.03 Å². The van der Waals surface area contributed by atoms with Gasteiger partial charge in [-0.1, -0.05) is 11.6 Å². The summed E-state index contributed by atoms with van der Waals surface area (Å²) in [5, 5.41) is 3.61. The van der Waals surface area contributed by atoms with Gasteiger partial charge in [0.05, 0.1) is 17.3 Å². The summed E-state index contributed by atoms with van der Waals surface area (Å²) >= 11 is 5.82. The van der Waals surface area contributed by atoms with E-state index in [0.717, 1.165) is 38.2 Å². The Kier molecular flexibility index (Phi) is 4.84. The van der Waals surface area contributed by atoms with Gasteiger partial charge < -0.3 is 15.1 Å². The molecule has 2 atom stereocenters. The fraction of sp³-hybridized carbons (Fsp3) is 0.625. The molecule has 2 unspecified atom stereocenters. The van der Waals surface area contributed by atoms with Crippen LogP contribution < -0.4 is 5.32 Å². The molecule has 120 valence electrons. The highest BCUT2D eigenvalue weighted by atomic mass is 35.5. The van der Waals surface area contributed by atoms with E-state index in [9.17, 15) is 4.79 Å². The number of halogens is 1. The zero-order chi connectivity index (χ0) is 15.5. The van der Waals surface area contributed by atoms with E-state index in [1.165, 1.54) is 6.42 Å². The quantitative estimate of drug-likeness (QED) is 0.909. The summed E-state index contributed by atoms with van der Waals surface area (Å²) in [6, 6.07) is 4.07. The number of rotatable bonds is 2. The SMILES string of the molecule is CN1CCC2C(CCCN2C(=O)NCc2ccc(Cl)cn2)C1. The van der Waals surface area contributed by atoms with Crippen LogP contribution in [0.15, 0.2) is 18.3 Å². The zero-order valence-corrected chi connectivity index (χ0v) is 13.7. The Morgan fingerprint density at radius 1 is 1.41 bits per heavy atom. The van der Waals surface area contributed by atoms with Crippen LogP contribution in [-0.2, 0) is 6.54 Å². The molecule has 2 aliphatic heterocycles. The van der Waals surface area contributed by atoms with Crippen molar-refractivity contribution in [2.45, 2.75) is 31.8 Å². The zero-order valence-electron chi connectivity index (χ0n) is 13.0. The van der Waals surface area contributed by atoms with Crippen molar-refractivity contribution >= 4 is 17.6 Å². The Balaban J connectivity index is 1.58. The number of nitrogens with zero attached hydrogens (tertiary/aromatic N) is 3. The van der Waals surface area contributed by atoms with Crippen LogP contribution in [0.5, 0.6) is 0 Å². The predicted molar refractivity (Wildman–Crippen MR) is 86.8 cm³/mol. The molecule has 0 radical (unpaired) electrons. The third kappa shape index (κ3) is 3.52. The van der Waals surface area contributed by atoms with Crippen molar-refractivity contribution in [3.05, 3.63) is 29.0 Å². The summed E-state index contributed by atoms with van der Waals surface area (Å²) in [6.45, 7) is 3.49. The van der Waals surface area contributed by atoms with Crippen molar-refractivity contribution in [3.63, 3.8) is 0 Å². The van der Waals surface area contributed by atoms with Crippen LogP contribution in [0, 0.1) is 5.92 Å². The van der Waals surface area contributed by atoms with Crippen LogP contribution in [0.25, 0.3) is 0 Å². The average Bonchev–Trinajstić information content (AvgIpc) is 2.53. The number of aromatic nitrogens is 1. The molecule has 1 aromatic heterocycles. The molecule has 0 bridgehead atoms. The van der Waals surface area contributed by atoms with Gasteiger partial charge in [-0.05, 0) is 50.9 Å². The van der Waals surface area contributed by atoms with Crippen molar-refractivity contribution in [1.82, 2.24) is 20.1 Å². The highest BCUT2D eigenvalue weighted by Gasteiger charge is 2.37. The van der Waals surface area contributed by atoms with Crippen molar-refractivity contribution in [1.29, 1.82) is 0 Å². The van der Waals surface area contributed by atoms with E-state index >= 15 is 0 Å². The fourth-order valence-electron chi connectivity index (χ4n) is 3.62. The highest BCUT2D eigenvalue weighted by molar-refractivity contribution is 6.30. The minimum Gasteiger partial charge on any atom is -0.332 e. The second-order valence-electron chi connectivity index (χ2n) is 6.34. The van der Waals surface area contributed by atoms with Crippen LogP contribution in [0.3, 0.4) is 0 Å². The number of amides is 2. The van der Waals surface area contributed by atoms with E-state index in [-0.39, 0.29) is 6.03 Å². The lowest BCUT2D eigenvalue weighted by atomic mass is 9.84. The van der Waals surface area contributed by atoms with Gasteiger partial charge in [0.2, 0.25) is 0 Å². The van der Waals surface area contributed by atoms with E-state index in [2.05, 4.69) is 22.2 Å². The first-order chi connectivity index (χ1) is 10.6. The van der Waals surface area contributed by atoms with Crippen molar-refractivity contribution in [2.75, 3.05) is 26.7 Å². The highest BCUT2D eigenvalue weighted by Crippen LogP contribution is 2.30. The third-order valence-electron chi connectivity index (χ3n) is 4.74. The molecule has 0 aliphatic carbocycles. The predicted octanol–water partition coefficient (Wildman–Crippen LogP) is 2.36. The van der Waals surface area contributed by atoms with Gasteiger partial charge in [0, 0.05) is 25.3 Å². The van der Waals surface area contributed by atoms with Crippen LogP contribution in [-0.4, -0.2) is 53.5 Å². The fourth-order valence-corrected chi connectivity index (χ4v) is 3.73. The summed E-state index contributed by atoms with van der Waals surface area (Å²) in [7, 11) is 2.17. The lowest BCUT2D eigenvalue weighted by Crippen LogP contribution is -2.57. The molecule has 0 saturated carbocycles. The number of piperidine rings is 2. The van der Waals surface area contributed by atoms with Crippen molar-refractivity contribution in [3.8, 4) is 0 Å². The number of fused-ring (bicyclic) bond motifs is 1. The Morgan fingerprint density at radius 3 is 3.05 bits per heavy atom. The molecule has 1 N–H and O–H groups in total. The normalized spacial score (nSPS) is 25.6. The molecule has 2 aliphatic rings. The summed E-state index contributed by atoms with van der Waals surface area (Å²) in [4.78, 5) is 21.2. The molecule has 6 heteroatoms. The molecule has 3 rings (SSSR count). The van der Waals surface area contributed by atoms with Crippen LogP contribution in [0.4, 0.5) is 4.79 Å². The number of pyridine rings is 1. The molecule has 0 aromatic carbocycles. The monoisotopic (exact) mass is 322 g/mol. The molecule has 3 heterocycles. The maximum Gasteiger partial charge on any atom is 0.317 e. The molecule has 1 aromatic rings. The van der Waals surface area contributed by atoms with Crippen molar-refractivity contribution in [2.24, 2.45) is 5.92 Å². The Hall–Kier alpha value is -1.33. The first-order valence-electron chi connectivity index (χ1n) is 7.97. The van der Waals surface area contributed by atoms with Gasteiger partial charge in [0.15, 0.2) is 0 Å². The summed E-state index contributed by atoms with van der Waals surface area (Å²) in [5.41, 5.74) is 0.828. The number of hydrogen-bond donors (Lipinski definition) is 1. The third-order valence-corrected chi connectivity index (χ3v) is 4.96.